The van der Waals surface area contributed by atoms with Crippen molar-refractivity contribution in [1.29, 1.82) is 0 Å². The second-order valence-corrected chi connectivity index (χ2v) is 5.16. The summed E-state index contributed by atoms with van der Waals surface area (Å²) in [5, 5.41) is 3.64. The number of benzene rings is 2. The molecule has 0 aromatic heterocycles. The molecule has 0 aliphatic heterocycles. The number of nitrogens with one attached hydrogen (secondary N) is 1. The smallest absolute Gasteiger partial charge is 0.0591 e. The first-order valence-corrected chi connectivity index (χ1v) is 7.37. The highest BCUT2D eigenvalue weighted by atomic mass is 16.5. The van der Waals surface area contributed by atoms with E-state index in [0.717, 1.165) is 26.2 Å². The van der Waals surface area contributed by atoms with E-state index in [-0.39, 0.29) is 6.04 Å². The second kappa shape index (κ2) is 6.21. The molecule has 0 fully saturated rings. The van der Waals surface area contributed by atoms with Gasteiger partial charge in [0, 0.05) is 13.2 Å². The molecule has 2 heteroatoms. The van der Waals surface area contributed by atoms with Gasteiger partial charge in [-0.2, -0.15) is 0 Å². The number of fused-ring (bicyclic) bond motifs is 2. The zero-order chi connectivity index (χ0) is 13.8. The van der Waals surface area contributed by atoms with Gasteiger partial charge in [0.1, 0.15) is 0 Å². The van der Waals surface area contributed by atoms with Gasteiger partial charge in [0.25, 0.3) is 0 Å². The summed E-state index contributed by atoms with van der Waals surface area (Å²) in [6.07, 6.45) is 1.04. The highest BCUT2D eigenvalue weighted by Gasteiger charge is 2.23. The maximum Gasteiger partial charge on any atom is 0.0591 e. The molecule has 0 bridgehead atoms. The molecule has 2 aromatic carbocycles. The molecule has 0 saturated heterocycles. The minimum atomic E-state index is 0.289. The molecule has 2 nitrogen and oxygen atoms in total. The Hall–Kier alpha value is -1.64. The monoisotopic (exact) mass is 267 g/mol. The normalized spacial score (nSPS) is 13.8. The lowest BCUT2D eigenvalue weighted by Crippen LogP contribution is -2.30. The van der Waals surface area contributed by atoms with Crippen LogP contribution in [0, 0.1) is 0 Å². The summed E-state index contributed by atoms with van der Waals surface area (Å²) in [5.74, 6) is 0. The van der Waals surface area contributed by atoms with Gasteiger partial charge in [-0.3, -0.25) is 0 Å². The van der Waals surface area contributed by atoms with Gasteiger partial charge < -0.3 is 10.1 Å². The van der Waals surface area contributed by atoms with Crippen LogP contribution in [0.1, 0.15) is 35.2 Å². The summed E-state index contributed by atoms with van der Waals surface area (Å²) in [5.41, 5.74) is 5.67. The lowest BCUT2D eigenvalue weighted by molar-refractivity contribution is 0.147. The van der Waals surface area contributed by atoms with Crippen LogP contribution >= 0.6 is 0 Å². The molecule has 2 aromatic rings. The van der Waals surface area contributed by atoms with E-state index in [1.54, 1.807) is 0 Å². The minimum Gasteiger partial charge on any atom is -0.380 e. The third-order valence-corrected chi connectivity index (χ3v) is 3.91. The summed E-state index contributed by atoms with van der Waals surface area (Å²) in [4.78, 5) is 0. The van der Waals surface area contributed by atoms with Crippen LogP contribution in [0.25, 0.3) is 0 Å². The number of hydrogen-bond donors (Lipinski definition) is 1. The fraction of sp³-hybridized carbons (Fsp3) is 0.333. The van der Waals surface area contributed by atoms with Crippen molar-refractivity contribution in [3.63, 3.8) is 0 Å². The molecule has 1 N–H and O–H groups in total. The average Bonchev–Trinajstić information content (AvgIpc) is 2.50. The van der Waals surface area contributed by atoms with E-state index in [1.807, 2.05) is 6.92 Å². The van der Waals surface area contributed by atoms with Crippen LogP contribution in [-0.4, -0.2) is 19.8 Å². The molecule has 3 rings (SSSR count). The topological polar surface area (TPSA) is 21.3 Å². The lowest BCUT2D eigenvalue weighted by Gasteiger charge is -2.29. The molecule has 0 heterocycles. The second-order valence-electron chi connectivity index (χ2n) is 5.16. The third-order valence-electron chi connectivity index (χ3n) is 3.91. The Morgan fingerprint density at radius 2 is 1.60 bits per heavy atom. The van der Waals surface area contributed by atoms with E-state index in [1.165, 1.54) is 22.3 Å². The van der Waals surface area contributed by atoms with Crippen molar-refractivity contribution in [2.24, 2.45) is 0 Å². The third kappa shape index (κ3) is 2.62. The van der Waals surface area contributed by atoms with E-state index in [9.17, 15) is 0 Å². The quantitative estimate of drug-likeness (QED) is 0.839. The molecule has 0 spiro atoms. The summed E-state index contributed by atoms with van der Waals surface area (Å²) in [6, 6.07) is 17.8. The number of hydrogen-bond acceptors (Lipinski definition) is 2. The summed E-state index contributed by atoms with van der Waals surface area (Å²) in [6.45, 7) is 4.45. The molecule has 0 radical (unpaired) electrons. The van der Waals surface area contributed by atoms with Crippen LogP contribution in [-0.2, 0) is 11.2 Å². The Bertz CT molecular complexity index is 534. The zero-order valence-corrected chi connectivity index (χ0v) is 11.9. The molecule has 1 aliphatic carbocycles. The van der Waals surface area contributed by atoms with Crippen LogP contribution in [0.3, 0.4) is 0 Å². The molecule has 20 heavy (non-hydrogen) atoms. The van der Waals surface area contributed by atoms with E-state index < -0.39 is 0 Å². The Balaban J connectivity index is 1.87. The van der Waals surface area contributed by atoms with Crippen LogP contribution in [0.5, 0.6) is 0 Å². The molecular formula is C18H21NO. The molecular weight excluding hydrogens is 246 g/mol. The largest absolute Gasteiger partial charge is 0.380 e. The fourth-order valence-electron chi connectivity index (χ4n) is 2.97. The molecule has 0 saturated carbocycles. The summed E-state index contributed by atoms with van der Waals surface area (Å²) >= 11 is 0. The Kier molecular flexibility index (Phi) is 4.14. The summed E-state index contributed by atoms with van der Waals surface area (Å²) in [7, 11) is 0. The van der Waals surface area contributed by atoms with Crippen molar-refractivity contribution in [1.82, 2.24) is 5.32 Å². The van der Waals surface area contributed by atoms with Gasteiger partial charge in [0.2, 0.25) is 0 Å². The molecule has 0 amide bonds. The zero-order valence-electron chi connectivity index (χ0n) is 11.9. The van der Waals surface area contributed by atoms with Crippen molar-refractivity contribution in [2.45, 2.75) is 19.4 Å². The highest BCUT2D eigenvalue weighted by Crippen LogP contribution is 2.34. The molecule has 1 aliphatic rings. The van der Waals surface area contributed by atoms with Gasteiger partial charge in [0.15, 0.2) is 0 Å². The summed E-state index contributed by atoms with van der Waals surface area (Å²) < 4.78 is 5.44. The van der Waals surface area contributed by atoms with Gasteiger partial charge in [0.05, 0.1) is 12.6 Å². The SMILES string of the molecule is CCOCCNC1c2ccccc2Cc2ccccc21. The average molecular weight is 267 g/mol. The predicted molar refractivity (Wildman–Crippen MR) is 82.0 cm³/mol. The first kappa shape index (κ1) is 13.3. The number of rotatable bonds is 5. The van der Waals surface area contributed by atoms with Crippen LogP contribution in [0.4, 0.5) is 0 Å². The maximum atomic E-state index is 5.44. The van der Waals surface area contributed by atoms with E-state index >= 15 is 0 Å². The van der Waals surface area contributed by atoms with Crippen LogP contribution in [0.15, 0.2) is 48.5 Å². The Morgan fingerprint density at radius 1 is 1.00 bits per heavy atom. The fourth-order valence-corrected chi connectivity index (χ4v) is 2.97. The van der Waals surface area contributed by atoms with Crippen molar-refractivity contribution in [2.75, 3.05) is 19.8 Å². The highest BCUT2D eigenvalue weighted by molar-refractivity contribution is 5.48. The Labute approximate surface area is 120 Å². The van der Waals surface area contributed by atoms with Crippen molar-refractivity contribution < 1.29 is 4.74 Å². The van der Waals surface area contributed by atoms with Crippen molar-refractivity contribution >= 4 is 0 Å². The van der Waals surface area contributed by atoms with Gasteiger partial charge in [-0.25, -0.2) is 0 Å². The Morgan fingerprint density at radius 3 is 2.20 bits per heavy atom. The van der Waals surface area contributed by atoms with E-state index in [0.29, 0.717) is 0 Å². The van der Waals surface area contributed by atoms with Gasteiger partial charge in [-0.1, -0.05) is 48.5 Å². The molecule has 0 unspecified atom stereocenters. The molecule has 104 valence electrons. The maximum absolute atomic E-state index is 5.44. The van der Waals surface area contributed by atoms with Gasteiger partial charge in [-0.05, 0) is 35.6 Å². The first-order valence-electron chi connectivity index (χ1n) is 7.37. The lowest BCUT2D eigenvalue weighted by atomic mass is 9.82. The van der Waals surface area contributed by atoms with Gasteiger partial charge >= 0.3 is 0 Å². The number of ether oxygens (including phenoxy) is 1. The van der Waals surface area contributed by atoms with Crippen molar-refractivity contribution in [3.05, 3.63) is 70.8 Å². The minimum absolute atomic E-state index is 0.289. The van der Waals surface area contributed by atoms with Crippen molar-refractivity contribution in [3.8, 4) is 0 Å². The van der Waals surface area contributed by atoms with Gasteiger partial charge in [-0.15, -0.1) is 0 Å². The van der Waals surface area contributed by atoms with E-state index in [2.05, 4.69) is 53.8 Å². The molecule has 0 atom stereocenters. The first-order chi connectivity index (χ1) is 9.90. The van der Waals surface area contributed by atoms with Crippen LogP contribution in [0.2, 0.25) is 0 Å². The van der Waals surface area contributed by atoms with E-state index in [4.69, 9.17) is 4.74 Å². The van der Waals surface area contributed by atoms with Crippen LogP contribution < -0.4 is 5.32 Å². The standard InChI is InChI=1S/C18H21NO/c1-2-20-12-11-19-18-16-9-5-3-7-14(16)13-15-8-4-6-10-17(15)18/h3-10,18-19H,2,11-13H2,1H3. The predicted octanol–water partition coefficient (Wildman–Crippen LogP) is 3.31.